The number of methoxy groups -OCH3 is 2. The normalized spacial score (nSPS) is 9.38. The number of thioether (sulfide) groups is 1. The molecule has 3 aromatic carbocycles. The highest BCUT2D eigenvalue weighted by atomic mass is 32.2. The number of aryl methyl sites for hydroxylation is 3. The fourth-order valence-electron chi connectivity index (χ4n) is 4.64. The first kappa shape index (κ1) is 82.8. The summed E-state index contributed by atoms with van der Waals surface area (Å²) in [6.45, 7) is 4.00. The summed E-state index contributed by atoms with van der Waals surface area (Å²) in [6, 6.07) is 30.7. The number of carbonyl (C=O) groups is 2. The second-order valence-electron chi connectivity index (χ2n) is 12.7. The number of amides is 2. The number of nitrogens with zero attached hydrogens (tertiary/aromatic N) is 16. The minimum Gasteiger partial charge on any atom is -0.497 e. The summed E-state index contributed by atoms with van der Waals surface area (Å²) in [5.41, 5.74) is 3.75. The molecule has 1 fully saturated rings. The molecule has 0 N–H and O–H groups in total. The van der Waals surface area contributed by atoms with Gasteiger partial charge in [-0.05, 0) is 65.4 Å². The third-order valence-corrected chi connectivity index (χ3v) is 7.79. The fraction of sp³-hybridized carbons (Fsp3) is 0.396. The lowest BCUT2D eigenvalue weighted by atomic mass is 10.3. The van der Waals surface area contributed by atoms with Gasteiger partial charge in [-0.3, -0.25) is 19.1 Å². The van der Waals surface area contributed by atoms with E-state index in [0.29, 0.717) is 5.88 Å². The third kappa shape index (κ3) is 34.8. The number of imidazole rings is 1. The molecular formula is C53H92N16O7S. The summed E-state index contributed by atoms with van der Waals surface area (Å²) < 4.78 is 15.0. The lowest BCUT2D eigenvalue weighted by Gasteiger charge is -2.07. The number of para-hydroxylation sites is 3. The summed E-state index contributed by atoms with van der Waals surface area (Å²) in [6.07, 6.45) is 18.3. The molecule has 0 radical (unpaired) electrons. The van der Waals surface area contributed by atoms with Crippen LogP contribution in [0.15, 0.2) is 147 Å². The van der Waals surface area contributed by atoms with E-state index < -0.39 is 0 Å². The van der Waals surface area contributed by atoms with Crippen LogP contribution in [0.5, 0.6) is 11.6 Å². The van der Waals surface area contributed by atoms with E-state index in [9.17, 15) is 9.59 Å². The van der Waals surface area contributed by atoms with Crippen molar-refractivity contribution in [2.24, 2.45) is 21.1 Å². The van der Waals surface area contributed by atoms with Crippen molar-refractivity contribution in [1.82, 2.24) is 79.9 Å². The summed E-state index contributed by atoms with van der Waals surface area (Å²) in [7, 11) is 13.3. The van der Waals surface area contributed by atoms with Gasteiger partial charge in [-0.1, -0.05) is 134 Å². The van der Waals surface area contributed by atoms with Gasteiger partial charge in [0.2, 0.25) is 5.88 Å². The van der Waals surface area contributed by atoms with Crippen molar-refractivity contribution in [2.45, 2.75) is 78.7 Å². The van der Waals surface area contributed by atoms with Crippen molar-refractivity contribution < 1.29 is 33.6 Å². The van der Waals surface area contributed by atoms with Gasteiger partial charge in [0.25, 0.3) is 11.8 Å². The highest BCUT2D eigenvalue weighted by Crippen LogP contribution is 2.11. The van der Waals surface area contributed by atoms with Crippen LogP contribution in [0, 0.1) is 0 Å². The quantitative estimate of drug-likeness (QED) is 0.146. The van der Waals surface area contributed by atoms with Crippen molar-refractivity contribution in [3.05, 3.63) is 147 Å². The molecule has 7 heterocycles. The Labute approximate surface area is 463 Å². The Morgan fingerprint density at radius 3 is 1.38 bits per heavy atom. The zero-order valence-electron chi connectivity index (χ0n) is 41.7. The molecule has 0 aliphatic carbocycles. The number of benzene rings is 3. The number of hydrogen-bond donors (Lipinski definition) is 0. The van der Waals surface area contributed by atoms with Gasteiger partial charge in [-0.2, -0.15) is 16.8 Å². The predicted octanol–water partition coefficient (Wildman–Crippen LogP) is 9.97. The van der Waals surface area contributed by atoms with Crippen LogP contribution < -0.4 is 19.1 Å². The maximum atomic E-state index is 10.6. The molecule has 10 rings (SSSR count). The van der Waals surface area contributed by atoms with E-state index >= 15 is 0 Å². The van der Waals surface area contributed by atoms with Crippen LogP contribution in [0.2, 0.25) is 0 Å². The Hall–Kier alpha value is -8.25. The van der Waals surface area contributed by atoms with Gasteiger partial charge in [0.05, 0.1) is 51.8 Å². The highest BCUT2D eigenvalue weighted by Gasteiger charge is 2.28. The maximum Gasteiger partial charge on any atom is 0.253 e. The third-order valence-electron chi connectivity index (χ3n) is 7.79. The van der Waals surface area contributed by atoms with Crippen molar-refractivity contribution in [3.8, 4) is 11.6 Å². The zero-order chi connectivity index (χ0) is 51.8. The predicted molar refractivity (Wildman–Crippen MR) is 315 cm³/mol. The van der Waals surface area contributed by atoms with Gasteiger partial charge >= 0.3 is 0 Å². The largest absolute Gasteiger partial charge is 0.497 e. The molecule has 0 unspecified atom stereocenters. The summed E-state index contributed by atoms with van der Waals surface area (Å²) in [5.74, 6) is 1.07. The number of hydrogen-bond acceptors (Lipinski definition) is 18. The number of imide groups is 1. The molecule has 1 aliphatic rings. The number of aromatic nitrogens is 15. The molecule has 0 spiro atoms. The van der Waals surface area contributed by atoms with Crippen molar-refractivity contribution >= 4 is 45.6 Å². The maximum absolute atomic E-state index is 10.6. The molecule has 9 aromatic rings. The van der Waals surface area contributed by atoms with Gasteiger partial charge in [0.1, 0.15) is 36.5 Å². The Bertz CT molecular complexity index is 2520. The Morgan fingerprint density at radius 2 is 1.04 bits per heavy atom. The van der Waals surface area contributed by atoms with E-state index in [1.165, 1.54) is 23.9 Å². The first-order valence-corrected chi connectivity index (χ1v) is 22.7. The van der Waals surface area contributed by atoms with Gasteiger partial charge in [0, 0.05) is 64.8 Å². The Kier molecular flexibility index (Phi) is 56.5. The highest BCUT2D eigenvalue weighted by molar-refractivity contribution is 7.97. The summed E-state index contributed by atoms with van der Waals surface area (Å²) >= 11 is 1.75. The molecule has 0 atom stereocenters. The fourth-order valence-corrected chi connectivity index (χ4v) is 4.64. The number of hydroxylamine groups is 2. The number of carbonyl (C=O) groups excluding carboxylic acids is 2. The zero-order valence-corrected chi connectivity index (χ0v) is 42.5. The molecule has 77 heavy (non-hydrogen) atoms. The molecular weight excluding hydrogens is 1000 g/mol. The molecule has 1 saturated heterocycles. The van der Waals surface area contributed by atoms with E-state index in [0.717, 1.165) is 32.9 Å². The SMILES string of the molecule is C.C.C.C.C.C.C.CC.CON1C(=O)CCC1=O.COc1ccccc1.COc1ccccn1.COn1ccnn1.COn1nnc2ccccc21.CSC.Cn1ccnc1.Cn1ccnn1.Cn1nnc2ccccc21. The molecule has 6 aromatic heterocycles. The van der Waals surface area contributed by atoms with Crippen LogP contribution in [0.1, 0.15) is 78.7 Å². The van der Waals surface area contributed by atoms with E-state index in [4.69, 9.17) is 14.3 Å². The van der Waals surface area contributed by atoms with Crippen molar-refractivity contribution in [1.29, 1.82) is 0 Å². The average molecular weight is 1100 g/mol. The summed E-state index contributed by atoms with van der Waals surface area (Å²) in [5, 5.41) is 30.3. The van der Waals surface area contributed by atoms with Crippen LogP contribution in [0.4, 0.5) is 0 Å². The number of ether oxygens (including phenoxy) is 2. The molecule has 2 amide bonds. The second kappa shape index (κ2) is 52.6. The smallest absolute Gasteiger partial charge is 0.253 e. The number of pyridine rings is 1. The molecule has 1 aliphatic heterocycles. The molecule has 23 nitrogen and oxygen atoms in total. The van der Waals surface area contributed by atoms with Crippen LogP contribution in [-0.4, -0.2) is 140 Å². The molecule has 24 heteroatoms. The van der Waals surface area contributed by atoms with Crippen LogP contribution in [0.25, 0.3) is 22.1 Å². The summed E-state index contributed by atoms with van der Waals surface area (Å²) in [4.78, 5) is 45.5. The Morgan fingerprint density at radius 1 is 0.519 bits per heavy atom. The van der Waals surface area contributed by atoms with E-state index in [2.05, 4.69) is 60.9 Å². The van der Waals surface area contributed by atoms with Gasteiger partial charge in [-0.25, -0.2) is 14.6 Å². The average Bonchev–Trinajstić information content (AvgIpc) is 4.31. The molecule has 0 saturated carbocycles. The van der Waals surface area contributed by atoms with Crippen molar-refractivity contribution in [2.75, 3.05) is 48.1 Å². The first-order chi connectivity index (χ1) is 34.0. The molecule has 432 valence electrons. The standard InChI is InChI=1S/C7H7N3O.C7H7N3.C7H8O.C6H7NO.C5H7NO3.C4H6N2.C3H5N3O.C3H5N3.C2H6S.C2H6.7CH4/c1-11-10-7-5-3-2-4-6(7)8-9-10;1-10-7-5-3-2-4-6(7)8-9-10;1-8-7-5-3-2-4-6-7;1-8-6-4-2-3-5-7-6;1-9-6-4(7)2-3-5(6)8;1-6-3-2-5-4-6;1-7-6-3-2-4-5-6;1-6-3-2-4-5-6;1-3-2;1-2;;;;;;;/h2-5H,1H3;2-5H,1H3;2-6H,1H3;2-5H,1H3;2-3H2,1H3;2-4H,1H3;2-3H,1H3;2-3H,1H3;1-2H3;1-2H3;7*1H4. The van der Waals surface area contributed by atoms with Gasteiger partial charge in [-0.15, -0.1) is 20.4 Å². The molecule has 0 bridgehead atoms. The van der Waals surface area contributed by atoms with E-state index in [1.807, 2.05) is 149 Å². The van der Waals surface area contributed by atoms with E-state index in [1.54, 1.807) is 92.0 Å². The first-order valence-electron chi connectivity index (χ1n) is 21.1. The van der Waals surface area contributed by atoms with Crippen LogP contribution >= 0.6 is 11.8 Å². The van der Waals surface area contributed by atoms with Crippen molar-refractivity contribution in [3.63, 3.8) is 0 Å². The minimum absolute atomic E-state index is 0. The van der Waals surface area contributed by atoms with Crippen LogP contribution in [-0.2, 0) is 35.6 Å². The van der Waals surface area contributed by atoms with Gasteiger partial charge < -0.3 is 23.7 Å². The lowest BCUT2D eigenvalue weighted by Crippen LogP contribution is -2.27. The minimum atomic E-state index is -0.248. The second-order valence-corrected chi connectivity index (χ2v) is 13.5. The monoisotopic (exact) mass is 1100 g/mol. The number of fused-ring (bicyclic) bond motifs is 2. The topological polar surface area (TPSA) is 237 Å². The van der Waals surface area contributed by atoms with Crippen LogP contribution in [0.3, 0.4) is 0 Å². The lowest BCUT2D eigenvalue weighted by molar-refractivity contribution is -0.179. The Balaban J connectivity index is -0.000000143. The van der Waals surface area contributed by atoms with E-state index in [-0.39, 0.29) is 76.6 Å². The van der Waals surface area contributed by atoms with Gasteiger partial charge in [0.15, 0.2) is 0 Å². The number of rotatable bonds is 5.